The predicted octanol–water partition coefficient (Wildman–Crippen LogP) is 3.23. The summed E-state index contributed by atoms with van der Waals surface area (Å²) < 4.78 is 41.5. The highest BCUT2D eigenvalue weighted by atomic mass is 19.2. The molecule has 8 nitrogen and oxygen atoms in total. The molecule has 0 bridgehead atoms. The van der Waals surface area contributed by atoms with Crippen LogP contribution < -0.4 is 21.3 Å². The van der Waals surface area contributed by atoms with E-state index in [4.69, 9.17) is 5.73 Å². The first-order valence-corrected chi connectivity index (χ1v) is 10.7. The summed E-state index contributed by atoms with van der Waals surface area (Å²) in [6, 6.07) is 10.1. The van der Waals surface area contributed by atoms with Crippen molar-refractivity contribution in [1.82, 2.24) is 9.88 Å². The molecule has 2 heterocycles. The molecule has 4 rings (SSSR count). The van der Waals surface area contributed by atoms with Crippen LogP contribution in [-0.4, -0.2) is 48.4 Å². The first kappa shape index (κ1) is 24.0. The molecule has 0 radical (unpaired) electrons. The first-order chi connectivity index (χ1) is 16.7. The summed E-state index contributed by atoms with van der Waals surface area (Å²) in [5.41, 5.74) is 6.47. The summed E-state index contributed by atoms with van der Waals surface area (Å²) in [5.74, 6) is -3.89. The van der Waals surface area contributed by atoms with Crippen LogP contribution in [-0.2, 0) is 11.3 Å². The van der Waals surface area contributed by atoms with Crippen molar-refractivity contribution in [1.29, 1.82) is 0 Å². The number of likely N-dealkylation sites (N-methyl/N-ethyl adjacent to an activating group) is 1. The second kappa shape index (κ2) is 10.0. The summed E-state index contributed by atoms with van der Waals surface area (Å²) in [6.45, 7) is 1.31. The highest BCUT2D eigenvalue weighted by Crippen LogP contribution is 2.25. The Morgan fingerprint density at radius 1 is 1.09 bits per heavy atom. The van der Waals surface area contributed by atoms with Crippen molar-refractivity contribution in [3.8, 4) is 0 Å². The molecule has 1 aromatic heterocycles. The van der Waals surface area contributed by atoms with E-state index >= 15 is 0 Å². The maximum Gasteiger partial charge on any atom is 0.252 e. The number of primary amides is 1. The van der Waals surface area contributed by atoms with Crippen LogP contribution in [0.15, 0.2) is 48.7 Å². The third-order valence-corrected chi connectivity index (χ3v) is 5.63. The van der Waals surface area contributed by atoms with E-state index in [0.29, 0.717) is 30.7 Å². The monoisotopic (exact) mass is 484 g/mol. The molecule has 2 amide bonds. The molecule has 0 atom stereocenters. The number of benzene rings is 2. The van der Waals surface area contributed by atoms with Crippen molar-refractivity contribution >= 4 is 34.7 Å². The number of nitrogens with zero attached hydrogens (tertiary/aromatic N) is 3. The van der Waals surface area contributed by atoms with Gasteiger partial charge in [0.25, 0.3) is 5.91 Å². The van der Waals surface area contributed by atoms with Crippen molar-refractivity contribution in [2.24, 2.45) is 5.73 Å². The molecular weight excluding hydrogens is 461 g/mol. The number of hydrogen-bond donors (Lipinski definition) is 3. The quantitative estimate of drug-likeness (QED) is 0.445. The largest absolute Gasteiger partial charge is 0.380 e. The average molecular weight is 484 g/mol. The molecule has 1 saturated heterocycles. The number of rotatable bonds is 7. The topological polar surface area (TPSA) is 104 Å². The van der Waals surface area contributed by atoms with Gasteiger partial charge < -0.3 is 21.3 Å². The van der Waals surface area contributed by atoms with Gasteiger partial charge in [-0.15, -0.1) is 0 Å². The molecule has 4 N–H and O–H groups in total. The maximum atomic E-state index is 14.0. The van der Waals surface area contributed by atoms with Crippen LogP contribution in [0.4, 0.5) is 36.1 Å². The third kappa shape index (κ3) is 5.35. The van der Waals surface area contributed by atoms with Gasteiger partial charge in [0.1, 0.15) is 11.6 Å². The highest BCUT2D eigenvalue weighted by Gasteiger charge is 2.22. The Labute approximate surface area is 199 Å². The number of aromatic nitrogens is 1. The van der Waals surface area contributed by atoms with Crippen LogP contribution in [0.25, 0.3) is 0 Å². The summed E-state index contributed by atoms with van der Waals surface area (Å²) in [6.07, 6.45) is 1.22. The Kier molecular flexibility index (Phi) is 6.87. The standard InChI is InChI=1S/C24H23F3N6O2/c1-32-8-9-33(22(34)13-32)15-4-2-14(3-5-15)31-21-10-20(17(12-30-21)24(28)35)29-11-16-18(25)6-7-19(26)23(16)27/h2-7,10,12H,8-9,11,13H2,1H3,(H2,28,35)(H2,29,30,31). The molecule has 2 aromatic carbocycles. The zero-order chi connectivity index (χ0) is 25.1. The van der Waals surface area contributed by atoms with Gasteiger partial charge in [0.15, 0.2) is 11.6 Å². The number of carbonyl (C=O) groups excluding carboxylic acids is 2. The zero-order valence-electron chi connectivity index (χ0n) is 18.8. The molecule has 1 fully saturated rings. The van der Waals surface area contributed by atoms with Gasteiger partial charge in [0.2, 0.25) is 5.91 Å². The number of hydrogen-bond acceptors (Lipinski definition) is 6. The fraction of sp³-hybridized carbons (Fsp3) is 0.208. The van der Waals surface area contributed by atoms with Gasteiger partial charge in [0.05, 0.1) is 17.8 Å². The number of halogens is 3. The van der Waals surface area contributed by atoms with Gasteiger partial charge in [-0.2, -0.15) is 0 Å². The van der Waals surface area contributed by atoms with E-state index < -0.39 is 35.5 Å². The Hall–Kier alpha value is -4.12. The van der Waals surface area contributed by atoms with Crippen LogP contribution in [0, 0.1) is 17.5 Å². The molecule has 182 valence electrons. The minimum absolute atomic E-state index is 0.00306. The highest BCUT2D eigenvalue weighted by molar-refractivity contribution is 5.98. The van der Waals surface area contributed by atoms with Crippen molar-refractivity contribution in [3.63, 3.8) is 0 Å². The molecule has 11 heteroatoms. The normalized spacial score (nSPS) is 14.2. The van der Waals surface area contributed by atoms with Crippen LogP contribution in [0.1, 0.15) is 15.9 Å². The smallest absolute Gasteiger partial charge is 0.252 e. The van der Waals surface area contributed by atoms with E-state index in [9.17, 15) is 22.8 Å². The van der Waals surface area contributed by atoms with Crippen molar-refractivity contribution in [2.75, 3.05) is 42.2 Å². The molecule has 1 aliphatic rings. The van der Waals surface area contributed by atoms with Gasteiger partial charge in [-0.25, -0.2) is 18.2 Å². The number of anilines is 4. The SMILES string of the molecule is CN1CCN(c2ccc(Nc3cc(NCc4c(F)ccc(F)c4F)c(C(N)=O)cn3)cc2)C(=O)C1. The molecule has 0 unspecified atom stereocenters. The summed E-state index contributed by atoms with van der Waals surface area (Å²) in [7, 11) is 1.90. The Morgan fingerprint density at radius 3 is 2.49 bits per heavy atom. The number of piperazine rings is 1. The van der Waals surface area contributed by atoms with Gasteiger partial charge in [0, 0.05) is 48.8 Å². The number of amides is 2. The number of pyridine rings is 1. The van der Waals surface area contributed by atoms with Gasteiger partial charge in [-0.05, 0) is 43.4 Å². The molecule has 1 aliphatic heterocycles. The Balaban J connectivity index is 1.51. The average Bonchev–Trinajstić information content (AvgIpc) is 2.82. The van der Waals surface area contributed by atoms with Crippen molar-refractivity contribution in [2.45, 2.75) is 6.54 Å². The van der Waals surface area contributed by atoms with Gasteiger partial charge >= 0.3 is 0 Å². The lowest BCUT2D eigenvalue weighted by Crippen LogP contribution is -2.48. The van der Waals surface area contributed by atoms with Gasteiger partial charge in [-0.1, -0.05) is 0 Å². The molecule has 35 heavy (non-hydrogen) atoms. The minimum Gasteiger partial charge on any atom is -0.380 e. The number of nitrogens with one attached hydrogen (secondary N) is 2. The number of nitrogens with two attached hydrogens (primary N) is 1. The lowest BCUT2D eigenvalue weighted by atomic mass is 10.1. The summed E-state index contributed by atoms with van der Waals surface area (Å²) in [5, 5.41) is 5.80. The zero-order valence-corrected chi connectivity index (χ0v) is 18.8. The number of carbonyl (C=O) groups is 2. The van der Waals surface area contributed by atoms with Crippen LogP contribution in [0.3, 0.4) is 0 Å². The van der Waals surface area contributed by atoms with E-state index in [2.05, 4.69) is 15.6 Å². The van der Waals surface area contributed by atoms with E-state index in [1.54, 1.807) is 29.2 Å². The van der Waals surface area contributed by atoms with Crippen molar-refractivity contribution < 1.29 is 22.8 Å². The van der Waals surface area contributed by atoms with Gasteiger partial charge in [-0.3, -0.25) is 14.5 Å². The second-order valence-electron chi connectivity index (χ2n) is 8.11. The Bertz CT molecular complexity index is 1270. The van der Waals surface area contributed by atoms with E-state index in [0.717, 1.165) is 18.3 Å². The molecule has 0 aliphatic carbocycles. The minimum atomic E-state index is -1.32. The molecule has 0 spiro atoms. The van der Waals surface area contributed by atoms with E-state index in [1.807, 2.05) is 11.9 Å². The lowest BCUT2D eigenvalue weighted by Gasteiger charge is -2.32. The maximum absolute atomic E-state index is 14.0. The fourth-order valence-electron chi connectivity index (χ4n) is 3.72. The van der Waals surface area contributed by atoms with Crippen LogP contribution >= 0.6 is 0 Å². The summed E-state index contributed by atoms with van der Waals surface area (Å²) >= 11 is 0. The second-order valence-corrected chi connectivity index (χ2v) is 8.11. The van der Waals surface area contributed by atoms with Crippen molar-refractivity contribution in [3.05, 3.63) is 77.2 Å². The van der Waals surface area contributed by atoms with E-state index in [1.165, 1.54) is 12.3 Å². The van der Waals surface area contributed by atoms with Crippen LogP contribution in [0.2, 0.25) is 0 Å². The van der Waals surface area contributed by atoms with E-state index in [-0.39, 0.29) is 17.2 Å². The fourth-order valence-corrected chi connectivity index (χ4v) is 3.72. The lowest BCUT2D eigenvalue weighted by molar-refractivity contribution is -0.120. The molecule has 0 saturated carbocycles. The Morgan fingerprint density at radius 2 is 1.80 bits per heavy atom. The third-order valence-electron chi connectivity index (χ3n) is 5.63. The predicted molar refractivity (Wildman–Crippen MR) is 126 cm³/mol. The first-order valence-electron chi connectivity index (χ1n) is 10.7. The van der Waals surface area contributed by atoms with Crippen LogP contribution in [0.5, 0.6) is 0 Å². The molecule has 3 aromatic rings. The molecular formula is C24H23F3N6O2. The summed E-state index contributed by atoms with van der Waals surface area (Å²) in [4.78, 5) is 31.9.